The Morgan fingerprint density at radius 1 is 1.27 bits per heavy atom. The number of aryl methyl sites for hydroxylation is 1. The normalized spacial score (nSPS) is 23.8. The predicted octanol–water partition coefficient (Wildman–Crippen LogP) is 2.25. The van der Waals surface area contributed by atoms with E-state index >= 15 is 0 Å². The van der Waals surface area contributed by atoms with Gasteiger partial charge in [-0.25, -0.2) is 4.98 Å². The Morgan fingerprint density at radius 2 is 2.09 bits per heavy atom. The SMILES string of the molecule is Cn1cncc1CN1CC2(CO[C@@H](Cc3ccccc3)C2)C1. The molecule has 22 heavy (non-hydrogen) atoms. The van der Waals surface area contributed by atoms with Crippen LogP contribution in [0.1, 0.15) is 17.7 Å². The molecule has 0 amide bonds. The van der Waals surface area contributed by atoms with Crippen molar-refractivity contribution in [3.05, 3.63) is 54.1 Å². The molecule has 4 rings (SSSR count). The quantitative estimate of drug-likeness (QED) is 0.867. The Bertz CT molecular complexity index is 631. The van der Waals surface area contributed by atoms with Gasteiger partial charge in [0.2, 0.25) is 0 Å². The van der Waals surface area contributed by atoms with Crippen molar-refractivity contribution in [3.63, 3.8) is 0 Å². The van der Waals surface area contributed by atoms with Gasteiger partial charge in [0.15, 0.2) is 0 Å². The van der Waals surface area contributed by atoms with Crippen molar-refractivity contribution in [1.82, 2.24) is 14.5 Å². The van der Waals surface area contributed by atoms with Crippen molar-refractivity contribution in [2.24, 2.45) is 12.5 Å². The summed E-state index contributed by atoms with van der Waals surface area (Å²) in [5.74, 6) is 0. The molecule has 0 radical (unpaired) electrons. The zero-order valence-electron chi connectivity index (χ0n) is 13.1. The molecule has 116 valence electrons. The summed E-state index contributed by atoms with van der Waals surface area (Å²) in [5.41, 5.74) is 3.07. The number of ether oxygens (including phenoxy) is 1. The van der Waals surface area contributed by atoms with E-state index in [1.807, 2.05) is 12.5 Å². The fourth-order valence-corrected chi connectivity index (χ4v) is 3.90. The molecule has 4 nitrogen and oxygen atoms in total. The highest BCUT2D eigenvalue weighted by atomic mass is 16.5. The molecule has 0 saturated carbocycles. The number of imidazole rings is 1. The topological polar surface area (TPSA) is 30.3 Å². The van der Waals surface area contributed by atoms with Gasteiger partial charge in [0.1, 0.15) is 0 Å². The molecule has 3 heterocycles. The first-order chi connectivity index (χ1) is 10.7. The molecule has 0 unspecified atom stereocenters. The molecule has 1 aromatic heterocycles. The highest BCUT2D eigenvalue weighted by Crippen LogP contribution is 2.42. The lowest BCUT2D eigenvalue weighted by Crippen LogP contribution is -2.56. The molecule has 2 aliphatic rings. The average Bonchev–Trinajstić information content (AvgIpc) is 3.07. The first-order valence-corrected chi connectivity index (χ1v) is 8.06. The molecule has 2 saturated heterocycles. The van der Waals surface area contributed by atoms with Crippen molar-refractivity contribution in [3.8, 4) is 0 Å². The number of benzene rings is 1. The average molecular weight is 297 g/mol. The second-order valence-corrected chi connectivity index (χ2v) is 6.97. The number of rotatable bonds is 4. The number of likely N-dealkylation sites (tertiary alicyclic amines) is 1. The third-order valence-electron chi connectivity index (χ3n) is 5.01. The molecule has 2 aliphatic heterocycles. The molecular formula is C18H23N3O. The van der Waals surface area contributed by atoms with Crippen LogP contribution in [0.3, 0.4) is 0 Å². The van der Waals surface area contributed by atoms with Crippen molar-refractivity contribution in [2.45, 2.75) is 25.5 Å². The van der Waals surface area contributed by atoms with Crippen LogP contribution in [0.25, 0.3) is 0 Å². The minimum absolute atomic E-state index is 0.390. The van der Waals surface area contributed by atoms with Crippen LogP contribution in [0, 0.1) is 5.41 Å². The fraction of sp³-hybridized carbons (Fsp3) is 0.500. The maximum atomic E-state index is 6.08. The molecule has 1 atom stereocenters. The van der Waals surface area contributed by atoms with Gasteiger partial charge in [-0.2, -0.15) is 0 Å². The zero-order valence-corrected chi connectivity index (χ0v) is 13.1. The van der Waals surface area contributed by atoms with E-state index < -0.39 is 0 Å². The van der Waals surface area contributed by atoms with Gasteiger partial charge < -0.3 is 9.30 Å². The standard InChI is InChI=1S/C18H23N3O/c1-20-14-19-9-16(20)10-21-11-18(12-21)8-17(22-13-18)7-15-5-3-2-4-6-15/h2-6,9,14,17H,7-8,10-13H2,1H3/t17-/m0/s1. The number of aromatic nitrogens is 2. The molecular weight excluding hydrogens is 274 g/mol. The van der Waals surface area contributed by atoms with Crippen molar-refractivity contribution in [2.75, 3.05) is 19.7 Å². The predicted molar refractivity (Wildman–Crippen MR) is 85.4 cm³/mol. The largest absolute Gasteiger partial charge is 0.377 e. The summed E-state index contributed by atoms with van der Waals surface area (Å²) in [4.78, 5) is 6.70. The molecule has 1 aromatic carbocycles. The lowest BCUT2D eigenvalue weighted by Gasteiger charge is -2.47. The second-order valence-electron chi connectivity index (χ2n) is 6.97. The summed E-state index contributed by atoms with van der Waals surface area (Å²) in [7, 11) is 2.06. The fourth-order valence-electron chi connectivity index (χ4n) is 3.90. The molecule has 4 heteroatoms. The van der Waals surface area contributed by atoms with E-state index in [0.717, 1.165) is 32.7 Å². The van der Waals surface area contributed by atoms with E-state index in [0.29, 0.717) is 11.5 Å². The first-order valence-electron chi connectivity index (χ1n) is 8.06. The second kappa shape index (κ2) is 5.52. The Kier molecular flexibility index (Phi) is 3.51. The van der Waals surface area contributed by atoms with Crippen LogP contribution in [-0.4, -0.2) is 40.3 Å². The highest BCUT2D eigenvalue weighted by molar-refractivity contribution is 5.16. The van der Waals surface area contributed by atoms with Crippen LogP contribution < -0.4 is 0 Å². The Labute approximate surface area is 131 Å². The van der Waals surface area contributed by atoms with Gasteiger partial charge in [-0.3, -0.25) is 4.90 Å². The van der Waals surface area contributed by atoms with Gasteiger partial charge >= 0.3 is 0 Å². The van der Waals surface area contributed by atoms with Gasteiger partial charge in [0.25, 0.3) is 0 Å². The third kappa shape index (κ3) is 2.69. The number of hydrogen-bond acceptors (Lipinski definition) is 3. The van der Waals surface area contributed by atoms with E-state index in [-0.39, 0.29) is 0 Å². The van der Waals surface area contributed by atoms with E-state index in [1.165, 1.54) is 17.7 Å². The van der Waals surface area contributed by atoms with E-state index in [4.69, 9.17) is 4.74 Å². The van der Waals surface area contributed by atoms with Gasteiger partial charge in [-0.15, -0.1) is 0 Å². The Morgan fingerprint density at radius 3 is 2.82 bits per heavy atom. The minimum atomic E-state index is 0.390. The molecule has 2 fully saturated rings. The molecule has 0 aliphatic carbocycles. The summed E-state index contributed by atoms with van der Waals surface area (Å²) in [6.07, 6.45) is 6.48. The van der Waals surface area contributed by atoms with Crippen LogP contribution in [-0.2, 0) is 24.8 Å². The van der Waals surface area contributed by atoms with Crippen molar-refractivity contribution in [1.29, 1.82) is 0 Å². The molecule has 2 aromatic rings. The number of hydrogen-bond donors (Lipinski definition) is 0. The summed E-state index contributed by atoms with van der Waals surface area (Å²) in [5, 5.41) is 0. The van der Waals surface area contributed by atoms with Crippen LogP contribution in [0.4, 0.5) is 0 Å². The molecule has 1 spiro atoms. The lowest BCUT2D eigenvalue weighted by atomic mass is 9.77. The van der Waals surface area contributed by atoms with Gasteiger partial charge in [-0.1, -0.05) is 30.3 Å². The smallest absolute Gasteiger partial charge is 0.0945 e. The summed E-state index contributed by atoms with van der Waals surface area (Å²) < 4.78 is 8.18. The Hall–Kier alpha value is -1.65. The molecule has 0 N–H and O–H groups in total. The summed E-state index contributed by atoms with van der Waals surface area (Å²) >= 11 is 0. The Balaban J connectivity index is 1.30. The van der Waals surface area contributed by atoms with E-state index in [2.05, 4.69) is 51.8 Å². The van der Waals surface area contributed by atoms with Crippen molar-refractivity contribution >= 4 is 0 Å². The lowest BCUT2D eigenvalue weighted by molar-refractivity contribution is -0.0152. The van der Waals surface area contributed by atoms with Crippen molar-refractivity contribution < 1.29 is 4.74 Å². The van der Waals surface area contributed by atoms with Crippen LogP contribution in [0.5, 0.6) is 0 Å². The third-order valence-corrected chi connectivity index (χ3v) is 5.01. The van der Waals surface area contributed by atoms with E-state index in [9.17, 15) is 0 Å². The first kappa shape index (κ1) is 14.0. The summed E-state index contributed by atoms with van der Waals surface area (Å²) in [6.45, 7) is 4.24. The summed E-state index contributed by atoms with van der Waals surface area (Å²) in [6, 6.07) is 10.7. The highest BCUT2D eigenvalue weighted by Gasteiger charge is 2.48. The maximum absolute atomic E-state index is 6.08. The minimum Gasteiger partial charge on any atom is -0.377 e. The molecule has 0 bridgehead atoms. The number of nitrogens with zero attached hydrogens (tertiary/aromatic N) is 3. The van der Waals surface area contributed by atoms with Gasteiger partial charge in [0, 0.05) is 38.3 Å². The van der Waals surface area contributed by atoms with Gasteiger partial charge in [0.05, 0.1) is 24.7 Å². The maximum Gasteiger partial charge on any atom is 0.0945 e. The van der Waals surface area contributed by atoms with Gasteiger partial charge in [-0.05, 0) is 18.4 Å². The van der Waals surface area contributed by atoms with Crippen LogP contribution in [0.2, 0.25) is 0 Å². The zero-order chi connectivity index (χ0) is 15.0. The monoisotopic (exact) mass is 297 g/mol. The van der Waals surface area contributed by atoms with Crippen LogP contribution >= 0.6 is 0 Å². The van der Waals surface area contributed by atoms with E-state index in [1.54, 1.807) is 0 Å². The van der Waals surface area contributed by atoms with Crippen LogP contribution in [0.15, 0.2) is 42.9 Å².